The lowest BCUT2D eigenvalue weighted by Gasteiger charge is -2.21. The summed E-state index contributed by atoms with van der Waals surface area (Å²) in [6, 6.07) is 6.70. The number of nitrogens with zero attached hydrogens (tertiary/aromatic N) is 1. The molecule has 16 heavy (non-hydrogen) atoms. The number of hydrogen-bond acceptors (Lipinski definition) is 2. The van der Waals surface area contributed by atoms with Gasteiger partial charge in [0.2, 0.25) is 0 Å². The van der Waals surface area contributed by atoms with Gasteiger partial charge in [0, 0.05) is 25.4 Å². The smallest absolute Gasteiger partial charge is 0.0434 e. The summed E-state index contributed by atoms with van der Waals surface area (Å²) in [5.74, 6) is 0. The van der Waals surface area contributed by atoms with E-state index in [0.29, 0.717) is 0 Å². The predicted molar refractivity (Wildman–Crippen MR) is 68.0 cm³/mol. The van der Waals surface area contributed by atoms with Crippen LogP contribution in [-0.2, 0) is 6.42 Å². The minimum absolute atomic E-state index is 0.285. The van der Waals surface area contributed by atoms with Crippen LogP contribution in [-0.4, -0.2) is 24.8 Å². The Morgan fingerprint density at radius 1 is 1.25 bits per heavy atom. The lowest BCUT2D eigenvalue weighted by Crippen LogP contribution is -2.19. The maximum Gasteiger partial charge on any atom is 0.0434 e. The van der Waals surface area contributed by atoms with Gasteiger partial charge in [-0.05, 0) is 44.2 Å². The lowest BCUT2D eigenvalue weighted by atomic mass is 10.0. The topological polar surface area (TPSA) is 23.5 Å². The third-order valence-corrected chi connectivity index (χ3v) is 3.29. The molecular weight excluding hydrogens is 198 g/mol. The van der Waals surface area contributed by atoms with Crippen LogP contribution in [0.1, 0.15) is 30.4 Å². The first-order valence-electron chi connectivity index (χ1n) is 6.26. The Morgan fingerprint density at radius 3 is 2.69 bits per heavy atom. The molecule has 0 radical (unpaired) electrons. The number of aryl methyl sites for hydroxylation is 2. The molecule has 2 rings (SSSR count). The van der Waals surface area contributed by atoms with E-state index < -0.39 is 0 Å². The van der Waals surface area contributed by atoms with Crippen molar-refractivity contribution >= 4 is 5.69 Å². The molecule has 0 aromatic heterocycles. The third kappa shape index (κ3) is 2.56. The van der Waals surface area contributed by atoms with Crippen LogP contribution in [0.3, 0.4) is 0 Å². The quantitative estimate of drug-likeness (QED) is 0.841. The molecule has 1 aliphatic heterocycles. The largest absolute Gasteiger partial charge is 0.396 e. The van der Waals surface area contributed by atoms with E-state index in [1.807, 2.05) is 0 Å². The third-order valence-electron chi connectivity index (χ3n) is 3.29. The number of aliphatic hydroxyl groups excluding tert-OH is 1. The molecule has 0 aliphatic carbocycles. The van der Waals surface area contributed by atoms with Crippen molar-refractivity contribution in [3.8, 4) is 0 Å². The van der Waals surface area contributed by atoms with E-state index in [-0.39, 0.29) is 6.61 Å². The molecule has 0 amide bonds. The zero-order valence-corrected chi connectivity index (χ0v) is 10.1. The molecule has 1 heterocycles. The molecule has 2 nitrogen and oxygen atoms in total. The highest BCUT2D eigenvalue weighted by molar-refractivity contribution is 5.55. The van der Waals surface area contributed by atoms with Crippen molar-refractivity contribution in [1.82, 2.24) is 0 Å². The van der Waals surface area contributed by atoms with Gasteiger partial charge in [0.25, 0.3) is 0 Å². The van der Waals surface area contributed by atoms with Gasteiger partial charge in [0.05, 0.1) is 0 Å². The van der Waals surface area contributed by atoms with Gasteiger partial charge < -0.3 is 10.0 Å². The van der Waals surface area contributed by atoms with Gasteiger partial charge in [-0.3, -0.25) is 0 Å². The van der Waals surface area contributed by atoms with Gasteiger partial charge in [-0.15, -0.1) is 0 Å². The monoisotopic (exact) mass is 219 g/mol. The van der Waals surface area contributed by atoms with Crippen LogP contribution in [0.4, 0.5) is 5.69 Å². The SMILES string of the molecule is Cc1ccc(N2CCCC2)c(CCCO)c1. The van der Waals surface area contributed by atoms with Crippen LogP contribution >= 0.6 is 0 Å². The first kappa shape index (κ1) is 11.5. The van der Waals surface area contributed by atoms with Gasteiger partial charge in [0.15, 0.2) is 0 Å². The molecule has 1 aromatic carbocycles. The van der Waals surface area contributed by atoms with Crippen LogP contribution in [0.5, 0.6) is 0 Å². The van der Waals surface area contributed by atoms with Crippen LogP contribution in [0.2, 0.25) is 0 Å². The van der Waals surface area contributed by atoms with Gasteiger partial charge in [-0.1, -0.05) is 17.7 Å². The average molecular weight is 219 g/mol. The standard InChI is InChI=1S/C14H21NO/c1-12-6-7-14(15-8-2-3-9-15)13(11-12)5-4-10-16/h6-7,11,16H,2-5,8-10H2,1H3. The number of rotatable bonds is 4. The Kier molecular flexibility index (Phi) is 3.83. The summed E-state index contributed by atoms with van der Waals surface area (Å²) in [6.45, 7) is 4.80. The van der Waals surface area contributed by atoms with Crippen LogP contribution in [0.25, 0.3) is 0 Å². The second-order valence-electron chi connectivity index (χ2n) is 4.65. The first-order chi connectivity index (χ1) is 7.81. The summed E-state index contributed by atoms with van der Waals surface area (Å²) in [4.78, 5) is 2.48. The van der Waals surface area contributed by atoms with Gasteiger partial charge in [-0.2, -0.15) is 0 Å². The normalized spacial score (nSPS) is 15.8. The number of aliphatic hydroxyl groups is 1. The van der Waals surface area contributed by atoms with E-state index in [2.05, 4.69) is 30.0 Å². The predicted octanol–water partition coefficient (Wildman–Crippen LogP) is 2.52. The van der Waals surface area contributed by atoms with Crippen molar-refractivity contribution < 1.29 is 5.11 Å². The zero-order valence-electron chi connectivity index (χ0n) is 10.1. The van der Waals surface area contributed by atoms with Crippen molar-refractivity contribution in [2.45, 2.75) is 32.6 Å². The molecular formula is C14H21NO. The molecule has 1 aromatic rings. The first-order valence-corrected chi connectivity index (χ1v) is 6.26. The summed E-state index contributed by atoms with van der Waals surface area (Å²) in [6.07, 6.45) is 4.48. The van der Waals surface area contributed by atoms with Crippen molar-refractivity contribution in [3.63, 3.8) is 0 Å². The average Bonchev–Trinajstić information content (AvgIpc) is 2.80. The molecule has 0 bridgehead atoms. The van der Waals surface area contributed by atoms with Crippen LogP contribution in [0, 0.1) is 6.92 Å². The van der Waals surface area contributed by atoms with E-state index in [1.165, 1.54) is 42.7 Å². The molecule has 0 atom stereocenters. The van der Waals surface area contributed by atoms with E-state index in [4.69, 9.17) is 5.11 Å². The molecule has 0 spiro atoms. The molecule has 1 N–H and O–H groups in total. The van der Waals surface area contributed by atoms with E-state index in [1.54, 1.807) is 0 Å². The minimum atomic E-state index is 0.285. The highest BCUT2D eigenvalue weighted by Crippen LogP contribution is 2.26. The highest BCUT2D eigenvalue weighted by Gasteiger charge is 2.15. The maximum atomic E-state index is 8.94. The highest BCUT2D eigenvalue weighted by atomic mass is 16.2. The minimum Gasteiger partial charge on any atom is -0.396 e. The maximum absolute atomic E-state index is 8.94. The Morgan fingerprint density at radius 2 is 2.00 bits per heavy atom. The Balaban J connectivity index is 2.20. The van der Waals surface area contributed by atoms with Gasteiger partial charge >= 0.3 is 0 Å². The number of benzene rings is 1. The van der Waals surface area contributed by atoms with Gasteiger partial charge in [0.1, 0.15) is 0 Å². The van der Waals surface area contributed by atoms with E-state index in [9.17, 15) is 0 Å². The molecule has 1 aliphatic rings. The second-order valence-corrected chi connectivity index (χ2v) is 4.65. The number of hydrogen-bond donors (Lipinski definition) is 1. The summed E-state index contributed by atoms with van der Waals surface area (Å²) < 4.78 is 0. The fourth-order valence-electron chi connectivity index (χ4n) is 2.45. The van der Waals surface area contributed by atoms with Crippen LogP contribution < -0.4 is 4.90 Å². The van der Waals surface area contributed by atoms with Crippen LogP contribution in [0.15, 0.2) is 18.2 Å². The number of anilines is 1. The summed E-state index contributed by atoms with van der Waals surface area (Å²) >= 11 is 0. The lowest BCUT2D eigenvalue weighted by molar-refractivity contribution is 0.288. The molecule has 2 heteroatoms. The van der Waals surface area contributed by atoms with Crippen molar-refractivity contribution in [3.05, 3.63) is 29.3 Å². The molecule has 1 fully saturated rings. The van der Waals surface area contributed by atoms with Crippen molar-refractivity contribution in [2.24, 2.45) is 0 Å². The Labute approximate surface area is 97.9 Å². The van der Waals surface area contributed by atoms with Crippen molar-refractivity contribution in [2.75, 3.05) is 24.6 Å². The summed E-state index contributed by atoms with van der Waals surface area (Å²) in [5.41, 5.74) is 4.10. The molecule has 88 valence electrons. The fraction of sp³-hybridized carbons (Fsp3) is 0.571. The van der Waals surface area contributed by atoms with Crippen molar-refractivity contribution in [1.29, 1.82) is 0 Å². The fourth-order valence-corrected chi connectivity index (χ4v) is 2.45. The van der Waals surface area contributed by atoms with E-state index >= 15 is 0 Å². The Bertz CT molecular complexity index is 343. The molecule has 0 saturated carbocycles. The van der Waals surface area contributed by atoms with E-state index in [0.717, 1.165) is 12.8 Å². The summed E-state index contributed by atoms with van der Waals surface area (Å²) in [5, 5.41) is 8.94. The zero-order chi connectivity index (χ0) is 11.4. The summed E-state index contributed by atoms with van der Waals surface area (Å²) in [7, 11) is 0. The molecule has 1 saturated heterocycles. The van der Waals surface area contributed by atoms with Gasteiger partial charge in [-0.25, -0.2) is 0 Å². The Hall–Kier alpha value is -1.02. The second kappa shape index (κ2) is 5.35. The molecule has 0 unspecified atom stereocenters.